The van der Waals surface area contributed by atoms with E-state index in [1.54, 1.807) is 4.90 Å². The lowest BCUT2D eigenvalue weighted by Gasteiger charge is -2.17. The fraction of sp³-hybridized carbons (Fsp3) is 0.312. The highest BCUT2D eigenvalue weighted by atomic mass is 16.2. The Labute approximate surface area is 129 Å². The fourth-order valence-electron chi connectivity index (χ4n) is 2.32. The molecule has 1 aromatic rings. The Morgan fingerprint density at radius 2 is 2.05 bits per heavy atom. The molecule has 0 aromatic heterocycles. The molecule has 0 bridgehead atoms. The molecule has 2 rings (SSSR count). The first-order valence-electron chi connectivity index (χ1n) is 7.18. The van der Waals surface area contributed by atoms with Crippen molar-refractivity contribution >= 4 is 23.4 Å². The van der Waals surface area contributed by atoms with Crippen LogP contribution < -0.4 is 15.5 Å². The Morgan fingerprint density at radius 3 is 2.73 bits per heavy atom. The van der Waals surface area contributed by atoms with Crippen LogP contribution in [0.25, 0.3) is 0 Å². The number of nitrogens with zero attached hydrogens (tertiary/aromatic N) is 1. The number of rotatable bonds is 6. The van der Waals surface area contributed by atoms with Crippen molar-refractivity contribution in [2.45, 2.75) is 18.9 Å². The molecule has 0 radical (unpaired) electrons. The third kappa shape index (κ3) is 3.94. The summed E-state index contributed by atoms with van der Waals surface area (Å²) in [4.78, 5) is 36.7. The maximum Gasteiger partial charge on any atom is 0.249 e. The standard InChI is InChI=1S/C16H19N3O3/c1-2-14(20)17-10-8-15(21)18-13-9-11-19(16(13)22)12-6-4-3-5-7-12/h2-7,13H,1,8-11H2,(H,17,20)(H,18,21). The van der Waals surface area contributed by atoms with Gasteiger partial charge in [-0.05, 0) is 24.6 Å². The van der Waals surface area contributed by atoms with Crippen molar-refractivity contribution in [2.75, 3.05) is 18.0 Å². The molecule has 1 unspecified atom stereocenters. The minimum atomic E-state index is -0.497. The first kappa shape index (κ1) is 15.8. The molecule has 22 heavy (non-hydrogen) atoms. The average molecular weight is 301 g/mol. The summed E-state index contributed by atoms with van der Waals surface area (Å²) in [6, 6.07) is 8.87. The quantitative estimate of drug-likeness (QED) is 0.755. The molecule has 1 saturated heterocycles. The van der Waals surface area contributed by atoms with Crippen LogP contribution in [0, 0.1) is 0 Å². The molecular formula is C16H19N3O3. The summed E-state index contributed by atoms with van der Waals surface area (Å²) in [5, 5.41) is 5.23. The van der Waals surface area contributed by atoms with Crippen LogP contribution in [0.3, 0.4) is 0 Å². The molecule has 1 heterocycles. The first-order valence-corrected chi connectivity index (χ1v) is 7.18. The largest absolute Gasteiger partial charge is 0.352 e. The molecule has 0 aliphatic carbocycles. The zero-order valence-electron chi connectivity index (χ0n) is 12.2. The number of amides is 3. The number of anilines is 1. The van der Waals surface area contributed by atoms with E-state index >= 15 is 0 Å². The summed E-state index contributed by atoms with van der Waals surface area (Å²) in [5.74, 6) is -0.674. The number of nitrogens with one attached hydrogen (secondary N) is 2. The van der Waals surface area contributed by atoms with Gasteiger partial charge in [0.1, 0.15) is 6.04 Å². The zero-order chi connectivity index (χ0) is 15.9. The molecule has 6 heteroatoms. The molecular weight excluding hydrogens is 282 g/mol. The lowest BCUT2D eigenvalue weighted by molar-refractivity contribution is -0.126. The van der Waals surface area contributed by atoms with Gasteiger partial charge < -0.3 is 15.5 Å². The Bertz CT molecular complexity index is 571. The van der Waals surface area contributed by atoms with Gasteiger partial charge in [0.05, 0.1) is 0 Å². The van der Waals surface area contributed by atoms with Crippen LogP contribution in [0.1, 0.15) is 12.8 Å². The van der Waals surface area contributed by atoms with Gasteiger partial charge in [-0.25, -0.2) is 0 Å². The van der Waals surface area contributed by atoms with E-state index in [4.69, 9.17) is 0 Å². The van der Waals surface area contributed by atoms with Crippen molar-refractivity contribution in [3.8, 4) is 0 Å². The van der Waals surface area contributed by atoms with E-state index in [9.17, 15) is 14.4 Å². The van der Waals surface area contributed by atoms with Crippen LogP contribution in [0.4, 0.5) is 5.69 Å². The van der Waals surface area contributed by atoms with E-state index in [1.165, 1.54) is 0 Å². The van der Waals surface area contributed by atoms with Gasteiger partial charge in [0, 0.05) is 25.2 Å². The van der Waals surface area contributed by atoms with Gasteiger partial charge in [-0.15, -0.1) is 0 Å². The van der Waals surface area contributed by atoms with Crippen molar-refractivity contribution < 1.29 is 14.4 Å². The van der Waals surface area contributed by atoms with Crippen molar-refractivity contribution in [3.63, 3.8) is 0 Å². The number of para-hydroxylation sites is 1. The summed E-state index contributed by atoms with van der Waals surface area (Å²) >= 11 is 0. The lowest BCUT2D eigenvalue weighted by atomic mass is 10.2. The molecule has 0 spiro atoms. The van der Waals surface area contributed by atoms with Crippen LogP contribution in [0.2, 0.25) is 0 Å². The molecule has 116 valence electrons. The normalized spacial score (nSPS) is 17.2. The monoisotopic (exact) mass is 301 g/mol. The highest BCUT2D eigenvalue weighted by molar-refractivity contribution is 6.01. The van der Waals surface area contributed by atoms with Crippen LogP contribution in [-0.4, -0.2) is 36.9 Å². The minimum absolute atomic E-state index is 0.102. The van der Waals surface area contributed by atoms with E-state index in [0.29, 0.717) is 13.0 Å². The summed E-state index contributed by atoms with van der Waals surface area (Å²) in [7, 11) is 0. The van der Waals surface area contributed by atoms with E-state index in [1.807, 2.05) is 30.3 Å². The second-order valence-corrected chi connectivity index (χ2v) is 4.98. The smallest absolute Gasteiger partial charge is 0.249 e. The van der Waals surface area contributed by atoms with Gasteiger partial charge in [0.15, 0.2) is 0 Å². The van der Waals surface area contributed by atoms with Crippen molar-refractivity contribution in [1.82, 2.24) is 10.6 Å². The average Bonchev–Trinajstić information content (AvgIpc) is 2.89. The molecule has 1 aromatic carbocycles. The number of hydrogen-bond donors (Lipinski definition) is 2. The van der Waals surface area contributed by atoms with Crippen molar-refractivity contribution in [3.05, 3.63) is 43.0 Å². The fourth-order valence-corrected chi connectivity index (χ4v) is 2.32. The van der Waals surface area contributed by atoms with Gasteiger partial charge in [0.2, 0.25) is 17.7 Å². The molecule has 1 atom stereocenters. The van der Waals surface area contributed by atoms with E-state index in [-0.39, 0.29) is 30.7 Å². The van der Waals surface area contributed by atoms with E-state index in [0.717, 1.165) is 11.8 Å². The second kappa shape index (κ2) is 7.40. The van der Waals surface area contributed by atoms with Crippen molar-refractivity contribution in [1.29, 1.82) is 0 Å². The Balaban J connectivity index is 1.82. The predicted molar refractivity (Wildman–Crippen MR) is 83.2 cm³/mol. The van der Waals surface area contributed by atoms with E-state index in [2.05, 4.69) is 17.2 Å². The predicted octanol–water partition coefficient (Wildman–Crippen LogP) is 0.600. The zero-order valence-corrected chi connectivity index (χ0v) is 12.2. The molecule has 1 fully saturated rings. The van der Waals surface area contributed by atoms with E-state index < -0.39 is 6.04 Å². The van der Waals surface area contributed by atoms with Crippen LogP contribution in [0.15, 0.2) is 43.0 Å². The van der Waals surface area contributed by atoms with Crippen molar-refractivity contribution in [2.24, 2.45) is 0 Å². The van der Waals surface area contributed by atoms with Crippen LogP contribution >= 0.6 is 0 Å². The number of carbonyl (C=O) groups is 3. The summed E-state index contributed by atoms with van der Waals surface area (Å²) < 4.78 is 0. The molecule has 3 amide bonds. The van der Waals surface area contributed by atoms with Crippen LogP contribution in [0.5, 0.6) is 0 Å². The van der Waals surface area contributed by atoms with Gasteiger partial charge in [-0.1, -0.05) is 24.8 Å². The summed E-state index contributed by atoms with van der Waals surface area (Å²) in [6.07, 6.45) is 1.86. The second-order valence-electron chi connectivity index (χ2n) is 4.98. The SMILES string of the molecule is C=CC(=O)NCCC(=O)NC1CCN(c2ccccc2)C1=O. The molecule has 1 aliphatic heterocycles. The topological polar surface area (TPSA) is 78.5 Å². The molecule has 0 saturated carbocycles. The first-order chi connectivity index (χ1) is 10.6. The third-order valence-electron chi connectivity index (χ3n) is 3.45. The highest BCUT2D eigenvalue weighted by Gasteiger charge is 2.33. The van der Waals surface area contributed by atoms with Gasteiger partial charge in [-0.3, -0.25) is 14.4 Å². The minimum Gasteiger partial charge on any atom is -0.352 e. The Hall–Kier alpha value is -2.63. The number of carbonyl (C=O) groups excluding carboxylic acids is 3. The Kier molecular flexibility index (Phi) is 5.30. The molecule has 1 aliphatic rings. The highest BCUT2D eigenvalue weighted by Crippen LogP contribution is 2.20. The molecule has 6 nitrogen and oxygen atoms in total. The molecule has 2 N–H and O–H groups in total. The van der Waals surface area contributed by atoms with Crippen LogP contribution in [-0.2, 0) is 14.4 Å². The van der Waals surface area contributed by atoms with Gasteiger partial charge in [-0.2, -0.15) is 0 Å². The number of hydrogen-bond acceptors (Lipinski definition) is 3. The van der Waals surface area contributed by atoms with Gasteiger partial charge in [0.25, 0.3) is 0 Å². The maximum atomic E-state index is 12.3. The lowest BCUT2D eigenvalue weighted by Crippen LogP contribution is -2.42. The third-order valence-corrected chi connectivity index (χ3v) is 3.45. The Morgan fingerprint density at radius 1 is 1.32 bits per heavy atom. The summed E-state index contributed by atoms with van der Waals surface area (Å²) in [5.41, 5.74) is 0.836. The van der Waals surface area contributed by atoms with Gasteiger partial charge >= 0.3 is 0 Å². The summed E-state index contributed by atoms with van der Waals surface area (Å²) in [6.45, 7) is 4.13. The maximum absolute atomic E-state index is 12.3. The number of benzene rings is 1.